The fourth-order valence-electron chi connectivity index (χ4n) is 3.31. The van der Waals surface area contributed by atoms with Crippen LogP contribution in [0.1, 0.15) is 18.4 Å². The van der Waals surface area contributed by atoms with Gasteiger partial charge in [-0.2, -0.15) is 17.5 Å². The predicted molar refractivity (Wildman–Crippen MR) is 122 cm³/mol. The monoisotopic (exact) mass is 556 g/mol. The van der Waals surface area contributed by atoms with E-state index >= 15 is 0 Å². The summed E-state index contributed by atoms with van der Waals surface area (Å²) in [7, 11) is -3.65. The van der Waals surface area contributed by atoms with E-state index in [2.05, 4.69) is 21.7 Å². The Balaban J connectivity index is 0.00000320. The molecule has 2 aromatic rings. The second-order valence-electron chi connectivity index (χ2n) is 6.88. The highest BCUT2D eigenvalue weighted by molar-refractivity contribution is 14.0. The number of aliphatic imine (C=N–C) groups is 1. The number of piperidine rings is 1. The average molecular weight is 556 g/mol. The first-order valence-electron chi connectivity index (χ1n) is 9.22. The Morgan fingerprint density at radius 2 is 1.77 bits per heavy atom. The second kappa shape index (κ2) is 10.1. The van der Waals surface area contributed by atoms with Crippen LogP contribution in [0.3, 0.4) is 0 Å². The summed E-state index contributed by atoms with van der Waals surface area (Å²) in [6, 6.07) is 14.0. The highest BCUT2D eigenvalue weighted by Gasteiger charge is 2.50. The Kier molecular flexibility index (Phi) is 8.34. The van der Waals surface area contributed by atoms with Crippen LogP contribution in [-0.2, 0) is 16.6 Å². The van der Waals surface area contributed by atoms with Crippen molar-refractivity contribution in [3.05, 3.63) is 48.0 Å². The van der Waals surface area contributed by atoms with Gasteiger partial charge in [0.2, 0.25) is 0 Å². The van der Waals surface area contributed by atoms with Crippen molar-refractivity contribution < 1.29 is 21.6 Å². The quantitative estimate of drug-likeness (QED) is 0.344. The molecule has 30 heavy (non-hydrogen) atoms. The lowest BCUT2D eigenvalue weighted by molar-refractivity contribution is -0.0494. The van der Waals surface area contributed by atoms with E-state index in [1.165, 1.54) is 0 Å². The van der Waals surface area contributed by atoms with Gasteiger partial charge in [-0.25, -0.2) is 8.42 Å². The highest BCUT2D eigenvalue weighted by atomic mass is 127. The Hall–Kier alpha value is -1.60. The third-order valence-electron chi connectivity index (χ3n) is 4.92. The largest absolute Gasteiger partial charge is 0.511 e. The van der Waals surface area contributed by atoms with Crippen LogP contribution in [0.4, 0.5) is 13.2 Å². The molecule has 0 bridgehead atoms. The molecule has 2 N–H and O–H groups in total. The van der Waals surface area contributed by atoms with Gasteiger partial charge in [-0.3, -0.25) is 4.99 Å². The van der Waals surface area contributed by atoms with E-state index < -0.39 is 15.5 Å². The van der Waals surface area contributed by atoms with Crippen molar-refractivity contribution in [3.63, 3.8) is 0 Å². The molecular formula is C19H24F3IN4O2S. The molecule has 166 valence electrons. The Morgan fingerprint density at radius 1 is 1.13 bits per heavy atom. The molecule has 11 heteroatoms. The van der Waals surface area contributed by atoms with Crippen molar-refractivity contribution in [1.82, 2.24) is 14.9 Å². The number of hydrogen-bond donors (Lipinski definition) is 2. The molecule has 6 nitrogen and oxygen atoms in total. The maximum atomic E-state index is 12.7. The number of guanidine groups is 1. The van der Waals surface area contributed by atoms with Gasteiger partial charge in [0.15, 0.2) is 5.96 Å². The summed E-state index contributed by atoms with van der Waals surface area (Å²) in [4.78, 5) is 4.15. The molecule has 0 radical (unpaired) electrons. The van der Waals surface area contributed by atoms with Crippen molar-refractivity contribution in [2.75, 3.05) is 20.1 Å². The van der Waals surface area contributed by atoms with E-state index in [0.29, 0.717) is 16.8 Å². The number of nitrogens with one attached hydrogen (secondary N) is 2. The van der Waals surface area contributed by atoms with Gasteiger partial charge >= 0.3 is 15.5 Å². The maximum absolute atomic E-state index is 12.7. The number of halogens is 4. The van der Waals surface area contributed by atoms with E-state index in [9.17, 15) is 21.6 Å². The van der Waals surface area contributed by atoms with E-state index in [0.717, 1.165) is 16.3 Å². The molecule has 1 aliphatic rings. The summed E-state index contributed by atoms with van der Waals surface area (Å²) in [5.74, 6) is 0.523. The lowest BCUT2D eigenvalue weighted by Crippen LogP contribution is -2.51. The smallest absolute Gasteiger partial charge is 0.354 e. The van der Waals surface area contributed by atoms with Crippen LogP contribution in [0.2, 0.25) is 0 Å². The fraction of sp³-hybridized carbons (Fsp3) is 0.421. The summed E-state index contributed by atoms with van der Waals surface area (Å²) in [5.41, 5.74) is -4.19. The Bertz CT molecular complexity index is 991. The van der Waals surface area contributed by atoms with Crippen LogP contribution in [0, 0.1) is 0 Å². The summed E-state index contributed by atoms with van der Waals surface area (Å²) >= 11 is 0. The molecule has 0 atom stereocenters. The summed E-state index contributed by atoms with van der Waals surface area (Å²) in [5, 5.41) is 8.63. The second-order valence-corrected chi connectivity index (χ2v) is 8.81. The maximum Gasteiger partial charge on any atom is 0.511 e. The number of nitrogens with zero attached hydrogens (tertiary/aromatic N) is 2. The van der Waals surface area contributed by atoms with Crippen LogP contribution >= 0.6 is 24.0 Å². The molecule has 2 aromatic carbocycles. The molecular weight excluding hydrogens is 532 g/mol. The van der Waals surface area contributed by atoms with Gasteiger partial charge in [-0.15, -0.1) is 24.0 Å². The molecule has 3 rings (SSSR count). The first-order chi connectivity index (χ1) is 13.7. The van der Waals surface area contributed by atoms with Gasteiger partial charge in [0.1, 0.15) is 0 Å². The SMILES string of the molecule is CN=C(NCc1ccc2ccccc2c1)NC1CCN(S(=O)(=O)C(F)(F)F)CC1.I. The van der Waals surface area contributed by atoms with Gasteiger partial charge in [-0.1, -0.05) is 36.4 Å². The highest BCUT2D eigenvalue weighted by Crippen LogP contribution is 2.28. The number of rotatable bonds is 4. The van der Waals surface area contributed by atoms with Gasteiger partial charge in [0.05, 0.1) is 0 Å². The molecule has 1 fully saturated rings. The molecule has 1 aliphatic heterocycles. The summed E-state index contributed by atoms with van der Waals surface area (Å²) in [6.07, 6.45) is 0.540. The molecule has 0 spiro atoms. The number of fused-ring (bicyclic) bond motifs is 1. The molecule has 0 unspecified atom stereocenters. The minimum Gasteiger partial charge on any atom is -0.354 e. The first-order valence-corrected chi connectivity index (χ1v) is 10.7. The predicted octanol–water partition coefficient (Wildman–Crippen LogP) is 3.44. The van der Waals surface area contributed by atoms with E-state index in [4.69, 9.17) is 0 Å². The van der Waals surface area contributed by atoms with Gasteiger partial charge < -0.3 is 10.6 Å². The van der Waals surface area contributed by atoms with Crippen molar-refractivity contribution in [1.29, 1.82) is 0 Å². The normalized spacial score (nSPS) is 16.9. The van der Waals surface area contributed by atoms with Crippen molar-refractivity contribution >= 4 is 50.7 Å². The topological polar surface area (TPSA) is 73.8 Å². The van der Waals surface area contributed by atoms with Crippen LogP contribution < -0.4 is 10.6 Å². The number of alkyl halides is 3. The zero-order valence-corrected chi connectivity index (χ0v) is 19.5. The Labute approximate surface area is 191 Å². The van der Waals surface area contributed by atoms with Crippen molar-refractivity contribution in [2.24, 2.45) is 4.99 Å². The molecule has 0 aromatic heterocycles. The van der Waals surface area contributed by atoms with E-state index in [1.54, 1.807) is 7.05 Å². The van der Waals surface area contributed by atoms with Gasteiger partial charge in [0.25, 0.3) is 0 Å². The molecule has 0 amide bonds. The number of benzene rings is 2. The van der Waals surface area contributed by atoms with Crippen LogP contribution in [-0.4, -0.2) is 50.4 Å². The first kappa shape index (κ1) is 24.7. The lowest BCUT2D eigenvalue weighted by Gasteiger charge is -2.32. The molecule has 1 saturated heterocycles. The molecule has 0 saturated carbocycles. The fourth-order valence-corrected chi connectivity index (χ4v) is 4.29. The lowest BCUT2D eigenvalue weighted by atomic mass is 10.1. The zero-order chi connectivity index (χ0) is 21.1. The van der Waals surface area contributed by atoms with Crippen LogP contribution in [0.25, 0.3) is 10.8 Å². The molecule has 0 aliphatic carbocycles. The minimum atomic E-state index is -5.26. The summed E-state index contributed by atoms with van der Waals surface area (Å²) < 4.78 is 61.5. The van der Waals surface area contributed by atoms with E-state index in [1.807, 2.05) is 36.4 Å². The number of sulfonamides is 1. The third-order valence-corrected chi connectivity index (χ3v) is 6.55. The molecule has 1 heterocycles. The minimum absolute atomic E-state index is 0. The van der Waals surface area contributed by atoms with E-state index in [-0.39, 0.29) is 55.9 Å². The van der Waals surface area contributed by atoms with Crippen molar-refractivity contribution in [2.45, 2.75) is 30.9 Å². The summed E-state index contributed by atoms with van der Waals surface area (Å²) in [6.45, 7) is 0.175. The average Bonchev–Trinajstić information content (AvgIpc) is 2.70. The van der Waals surface area contributed by atoms with Crippen LogP contribution in [0.15, 0.2) is 47.5 Å². The zero-order valence-electron chi connectivity index (χ0n) is 16.3. The standard InChI is InChI=1S/C19H23F3N4O2S.HI/c1-23-18(24-13-14-6-7-15-4-2-3-5-16(15)12-14)25-17-8-10-26(11-9-17)29(27,28)19(20,21)22;/h2-7,12,17H,8-11,13H2,1H3,(H2,23,24,25);1H. The van der Waals surface area contributed by atoms with Gasteiger partial charge in [-0.05, 0) is 35.2 Å². The van der Waals surface area contributed by atoms with Gasteiger partial charge in [0, 0.05) is 32.7 Å². The van der Waals surface area contributed by atoms with Crippen molar-refractivity contribution in [3.8, 4) is 0 Å². The number of hydrogen-bond acceptors (Lipinski definition) is 3. The third kappa shape index (κ3) is 5.76. The Morgan fingerprint density at radius 3 is 2.37 bits per heavy atom. The van der Waals surface area contributed by atoms with Crippen LogP contribution in [0.5, 0.6) is 0 Å².